The lowest BCUT2D eigenvalue weighted by Crippen LogP contribution is -2.27. The van der Waals surface area contributed by atoms with Gasteiger partial charge in [-0.25, -0.2) is 0 Å². The molecule has 4 N–H and O–H groups in total. The molecule has 0 aliphatic heterocycles. The van der Waals surface area contributed by atoms with Crippen LogP contribution in [-0.2, 0) is 0 Å². The lowest BCUT2D eigenvalue weighted by Gasteiger charge is -2.17. The van der Waals surface area contributed by atoms with Gasteiger partial charge in [0.15, 0.2) is 5.76 Å². The highest BCUT2D eigenvalue weighted by atomic mass is 16.3. The molecule has 7 nitrogen and oxygen atoms in total. The van der Waals surface area contributed by atoms with E-state index in [9.17, 15) is 9.59 Å². The molecule has 4 aromatic rings. The summed E-state index contributed by atoms with van der Waals surface area (Å²) in [6.45, 7) is 5.27. The lowest BCUT2D eigenvalue weighted by atomic mass is 10.1. The van der Waals surface area contributed by atoms with Crippen molar-refractivity contribution in [2.75, 3.05) is 29.0 Å². The van der Waals surface area contributed by atoms with Crippen molar-refractivity contribution >= 4 is 28.9 Å². The van der Waals surface area contributed by atoms with Crippen LogP contribution in [0.1, 0.15) is 45.0 Å². The van der Waals surface area contributed by atoms with Gasteiger partial charge in [-0.1, -0.05) is 48.5 Å². The van der Waals surface area contributed by atoms with Gasteiger partial charge in [0.1, 0.15) is 0 Å². The Kier molecular flexibility index (Phi) is 8.03. The number of para-hydroxylation sites is 1. The average Bonchev–Trinajstić information content (AvgIpc) is 3.44. The molecule has 3 aromatic carbocycles. The van der Waals surface area contributed by atoms with Gasteiger partial charge in [-0.05, 0) is 61.4 Å². The molecule has 0 aliphatic carbocycles. The number of hydrogen-bond donors (Lipinski definition) is 4. The Bertz CT molecular complexity index is 1300. The molecule has 4 rings (SSSR count). The van der Waals surface area contributed by atoms with E-state index >= 15 is 0 Å². The monoisotopic (exact) mass is 482 g/mol. The molecule has 0 unspecified atom stereocenters. The average molecular weight is 483 g/mol. The first-order chi connectivity index (χ1) is 17.5. The highest BCUT2D eigenvalue weighted by Gasteiger charge is 2.16. The number of carbonyl (C=O) groups is 2. The molecular formula is C29H30N4O3. The molecule has 0 saturated carbocycles. The molecule has 0 radical (unpaired) electrons. The van der Waals surface area contributed by atoms with Crippen LogP contribution in [0.2, 0.25) is 0 Å². The number of anilines is 3. The Morgan fingerprint density at radius 2 is 1.50 bits per heavy atom. The van der Waals surface area contributed by atoms with Crippen LogP contribution >= 0.6 is 0 Å². The SMILES string of the molecule is Cc1ccccc1NCCNc1ccc(C(=O)N[C@H](C)c2ccccc2)cc1NC(=O)c1ccco1. The summed E-state index contributed by atoms with van der Waals surface area (Å²) in [5, 5.41) is 12.6. The summed E-state index contributed by atoms with van der Waals surface area (Å²) in [6.07, 6.45) is 1.44. The van der Waals surface area contributed by atoms with Gasteiger partial charge in [0.05, 0.1) is 23.7 Å². The Morgan fingerprint density at radius 3 is 2.22 bits per heavy atom. The van der Waals surface area contributed by atoms with E-state index in [-0.39, 0.29) is 17.7 Å². The van der Waals surface area contributed by atoms with Crippen molar-refractivity contribution in [1.29, 1.82) is 0 Å². The van der Waals surface area contributed by atoms with Gasteiger partial charge in [-0.2, -0.15) is 0 Å². The minimum atomic E-state index is -0.392. The van der Waals surface area contributed by atoms with Crippen molar-refractivity contribution < 1.29 is 14.0 Å². The zero-order valence-corrected chi connectivity index (χ0v) is 20.4. The van der Waals surface area contributed by atoms with Gasteiger partial charge in [0.2, 0.25) is 0 Å². The highest BCUT2D eigenvalue weighted by Crippen LogP contribution is 2.25. The predicted octanol–water partition coefficient (Wildman–Crippen LogP) is 5.86. The van der Waals surface area contributed by atoms with E-state index in [0.717, 1.165) is 11.3 Å². The number of nitrogens with one attached hydrogen (secondary N) is 4. The van der Waals surface area contributed by atoms with Gasteiger partial charge < -0.3 is 25.7 Å². The number of rotatable bonds is 10. The van der Waals surface area contributed by atoms with Crippen LogP contribution in [0.3, 0.4) is 0 Å². The molecule has 0 spiro atoms. The summed E-state index contributed by atoms with van der Waals surface area (Å²) < 4.78 is 5.22. The van der Waals surface area contributed by atoms with E-state index in [1.807, 2.05) is 55.5 Å². The van der Waals surface area contributed by atoms with Crippen LogP contribution in [0.4, 0.5) is 17.1 Å². The van der Waals surface area contributed by atoms with Crippen molar-refractivity contribution in [3.05, 3.63) is 114 Å². The second-order valence-electron chi connectivity index (χ2n) is 8.47. The van der Waals surface area contributed by atoms with Gasteiger partial charge in [0, 0.05) is 24.3 Å². The maximum absolute atomic E-state index is 13.0. The van der Waals surface area contributed by atoms with Gasteiger partial charge in [-0.15, -0.1) is 0 Å². The molecule has 0 fully saturated rings. The molecule has 1 atom stereocenters. The maximum Gasteiger partial charge on any atom is 0.291 e. The smallest absolute Gasteiger partial charge is 0.291 e. The van der Waals surface area contributed by atoms with Crippen molar-refractivity contribution in [3.8, 4) is 0 Å². The minimum absolute atomic E-state index is 0.162. The van der Waals surface area contributed by atoms with Crippen LogP contribution in [-0.4, -0.2) is 24.9 Å². The topological polar surface area (TPSA) is 95.4 Å². The van der Waals surface area contributed by atoms with E-state index in [4.69, 9.17) is 4.42 Å². The third kappa shape index (κ3) is 6.33. The van der Waals surface area contributed by atoms with Crippen LogP contribution in [0, 0.1) is 6.92 Å². The van der Waals surface area contributed by atoms with Gasteiger partial charge in [-0.3, -0.25) is 9.59 Å². The van der Waals surface area contributed by atoms with Crippen LogP contribution < -0.4 is 21.3 Å². The second-order valence-corrected chi connectivity index (χ2v) is 8.47. The van der Waals surface area contributed by atoms with Crippen molar-refractivity contribution in [2.45, 2.75) is 19.9 Å². The first-order valence-corrected chi connectivity index (χ1v) is 11.9. The number of carbonyl (C=O) groups excluding carboxylic acids is 2. The predicted molar refractivity (Wildman–Crippen MR) is 144 cm³/mol. The molecule has 0 aliphatic rings. The van der Waals surface area contributed by atoms with E-state index in [1.165, 1.54) is 11.8 Å². The second kappa shape index (κ2) is 11.8. The highest BCUT2D eigenvalue weighted by molar-refractivity contribution is 6.05. The molecule has 36 heavy (non-hydrogen) atoms. The molecule has 7 heteroatoms. The fourth-order valence-corrected chi connectivity index (χ4v) is 3.81. The van der Waals surface area contributed by atoms with Crippen LogP contribution in [0.5, 0.6) is 0 Å². The third-order valence-electron chi connectivity index (χ3n) is 5.82. The first-order valence-electron chi connectivity index (χ1n) is 11.9. The summed E-state index contributed by atoms with van der Waals surface area (Å²) in [5.41, 5.74) is 4.89. The van der Waals surface area contributed by atoms with Crippen LogP contribution in [0.15, 0.2) is 95.6 Å². The fourth-order valence-electron chi connectivity index (χ4n) is 3.81. The molecule has 1 heterocycles. The molecular weight excluding hydrogens is 452 g/mol. The van der Waals surface area contributed by atoms with Crippen molar-refractivity contribution in [2.24, 2.45) is 0 Å². The van der Waals surface area contributed by atoms with Gasteiger partial charge >= 0.3 is 0 Å². The summed E-state index contributed by atoms with van der Waals surface area (Å²) in [6, 6.07) is 26.1. The Labute approximate surface area is 210 Å². The molecule has 0 bridgehead atoms. The summed E-state index contributed by atoms with van der Waals surface area (Å²) in [7, 11) is 0. The Morgan fingerprint density at radius 1 is 0.778 bits per heavy atom. The largest absolute Gasteiger partial charge is 0.459 e. The van der Waals surface area contributed by atoms with Crippen molar-refractivity contribution in [3.63, 3.8) is 0 Å². The minimum Gasteiger partial charge on any atom is -0.459 e. The maximum atomic E-state index is 13.0. The third-order valence-corrected chi connectivity index (χ3v) is 5.82. The number of hydrogen-bond acceptors (Lipinski definition) is 5. The number of amides is 2. The summed E-state index contributed by atoms with van der Waals surface area (Å²) in [4.78, 5) is 25.7. The molecule has 2 amide bonds. The number of aryl methyl sites for hydroxylation is 1. The van der Waals surface area contributed by atoms with Gasteiger partial charge in [0.25, 0.3) is 11.8 Å². The first kappa shape index (κ1) is 24.6. The summed E-state index contributed by atoms with van der Waals surface area (Å²) in [5.74, 6) is -0.432. The molecule has 1 aromatic heterocycles. The zero-order chi connectivity index (χ0) is 25.3. The zero-order valence-electron chi connectivity index (χ0n) is 20.4. The van der Waals surface area contributed by atoms with Crippen LogP contribution in [0.25, 0.3) is 0 Å². The van der Waals surface area contributed by atoms with E-state index in [2.05, 4.69) is 34.3 Å². The van der Waals surface area contributed by atoms with E-state index in [1.54, 1.807) is 30.3 Å². The lowest BCUT2D eigenvalue weighted by molar-refractivity contribution is 0.0938. The molecule has 0 saturated heterocycles. The fraction of sp³-hybridized carbons (Fsp3) is 0.172. The van der Waals surface area contributed by atoms with E-state index in [0.29, 0.717) is 30.0 Å². The van der Waals surface area contributed by atoms with E-state index < -0.39 is 5.91 Å². The Balaban J connectivity index is 1.47. The summed E-state index contributed by atoms with van der Waals surface area (Å²) >= 11 is 0. The quantitative estimate of drug-likeness (QED) is 0.213. The number of furan rings is 1. The standard InChI is InChI=1S/C29H30N4O3/c1-20-9-6-7-12-24(20)30-16-17-31-25-15-14-23(19-26(25)33-29(35)27-13-8-18-36-27)28(34)32-21(2)22-10-4-3-5-11-22/h3-15,18-19,21,30-31H,16-17H2,1-2H3,(H,32,34)(H,33,35)/t21-/m1/s1. The van der Waals surface area contributed by atoms with Crippen molar-refractivity contribution in [1.82, 2.24) is 5.32 Å². The Hall–Kier alpha value is -4.52. The normalized spacial score (nSPS) is 11.4. The molecule has 184 valence electrons. The number of benzene rings is 3.